The maximum Gasteiger partial charge on any atom is 0.573 e. The first-order valence-electron chi connectivity index (χ1n) is 6.81. The summed E-state index contributed by atoms with van der Waals surface area (Å²) < 4.78 is 40.5. The van der Waals surface area contributed by atoms with Gasteiger partial charge in [0.05, 0.1) is 6.04 Å². The molecule has 0 bridgehead atoms. The van der Waals surface area contributed by atoms with E-state index >= 15 is 0 Å². The molecule has 116 valence electrons. The number of halogens is 3. The number of carbonyl (C=O) groups excluding carboxylic acids is 1. The van der Waals surface area contributed by atoms with Gasteiger partial charge in [0.15, 0.2) is 0 Å². The quantitative estimate of drug-likeness (QED) is 0.909. The molecule has 1 atom stereocenters. The second-order valence-electron chi connectivity index (χ2n) is 4.83. The normalized spacial score (nSPS) is 19.1. The highest BCUT2D eigenvalue weighted by Crippen LogP contribution is 2.28. The maximum absolute atomic E-state index is 12.2. The summed E-state index contributed by atoms with van der Waals surface area (Å²) in [7, 11) is 0. The molecular formula is C14H17F3N2O2. The van der Waals surface area contributed by atoms with Crippen molar-refractivity contribution in [2.75, 3.05) is 18.0 Å². The van der Waals surface area contributed by atoms with Crippen LogP contribution < -0.4 is 15.0 Å². The molecule has 1 aliphatic rings. The lowest BCUT2D eigenvalue weighted by molar-refractivity contribution is -0.274. The average Bonchev–Trinajstić information content (AvgIpc) is 2.76. The fourth-order valence-electron chi connectivity index (χ4n) is 2.29. The number of rotatable bonds is 5. The van der Waals surface area contributed by atoms with E-state index in [0.717, 1.165) is 13.0 Å². The number of amides is 1. The second kappa shape index (κ2) is 6.34. The van der Waals surface area contributed by atoms with E-state index in [4.69, 9.17) is 0 Å². The highest BCUT2D eigenvalue weighted by Gasteiger charge is 2.33. The lowest BCUT2D eigenvalue weighted by atomic mass is 10.2. The molecule has 1 aromatic rings. The zero-order valence-corrected chi connectivity index (χ0v) is 11.6. The van der Waals surface area contributed by atoms with E-state index < -0.39 is 6.36 Å². The largest absolute Gasteiger partial charge is 0.573 e. The Morgan fingerprint density at radius 2 is 2.19 bits per heavy atom. The summed E-state index contributed by atoms with van der Waals surface area (Å²) in [5.74, 6) is -0.439. The third-order valence-electron chi connectivity index (χ3n) is 3.21. The van der Waals surface area contributed by atoms with Gasteiger partial charge in [0.25, 0.3) is 0 Å². The molecule has 1 N–H and O–H groups in total. The molecule has 7 heteroatoms. The zero-order valence-electron chi connectivity index (χ0n) is 11.6. The van der Waals surface area contributed by atoms with Crippen LogP contribution in [0.5, 0.6) is 5.75 Å². The van der Waals surface area contributed by atoms with Crippen LogP contribution in [0.1, 0.15) is 19.8 Å². The van der Waals surface area contributed by atoms with Crippen molar-refractivity contribution < 1.29 is 22.7 Å². The molecule has 0 aliphatic carbocycles. The number of carbonyl (C=O) groups is 1. The van der Waals surface area contributed by atoms with Gasteiger partial charge >= 0.3 is 6.36 Å². The van der Waals surface area contributed by atoms with Crippen molar-refractivity contribution in [1.82, 2.24) is 5.32 Å². The van der Waals surface area contributed by atoms with E-state index in [1.807, 2.05) is 6.92 Å². The summed E-state index contributed by atoms with van der Waals surface area (Å²) in [4.78, 5) is 13.7. The summed E-state index contributed by atoms with van der Waals surface area (Å²) in [6, 6.07) is 5.22. The number of alkyl halides is 3. The van der Waals surface area contributed by atoms with Crippen molar-refractivity contribution in [2.45, 2.75) is 32.2 Å². The van der Waals surface area contributed by atoms with E-state index in [1.165, 1.54) is 23.1 Å². The lowest BCUT2D eigenvalue weighted by Gasteiger charge is -2.18. The van der Waals surface area contributed by atoms with Gasteiger partial charge in [-0.2, -0.15) is 0 Å². The maximum atomic E-state index is 12.2. The number of anilines is 1. The molecule has 1 unspecified atom stereocenters. The van der Waals surface area contributed by atoms with Gasteiger partial charge in [-0.15, -0.1) is 13.2 Å². The van der Waals surface area contributed by atoms with Crippen molar-refractivity contribution in [3.8, 4) is 5.75 Å². The van der Waals surface area contributed by atoms with Crippen LogP contribution in [0.25, 0.3) is 0 Å². The predicted molar refractivity (Wildman–Crippen MR) is 72.2 cm³/mol. The molecule has 1 heterocycles. The Bertz CT molecular complexity index is 505. The molecule has 1 aliphatic heterocycles. The molecule has 4 nitrogen and oxygen atoms in total. The van der Waals surface area contributed by atoms with Crippen LogP contribution in [0, 0.1) is 0 Å². The van der Waals surface area contributed by atoms with Crippen molar-refractivity contribution >= 4 is 11.6 Å². The Morgan fingerprint density at radius 3 is 2.86 bits per heavy atom. The Balaban J connectivity index is 2.09. The minimum Gasteiger partial charge on any atom is -0.406 e. The molecule has 2 rings (SSSR count). The Morgan fingerprint density at radius 1 is 1.43 bits per heavy atom. The number of hydrogen-bond donors (Lipinski definition) is 1. The molecule has 1 amide bonds. The van der Waals surface area contributed by atoms with E-state index in [2.05, 4.69) is 10.1 Å². The number of ether oxygens (including phenoxy) is 1. The summed E-state index contributed by atoms with van der Waals surface area (Å²) in [5, 5.41) is 3.13. The number of nitrogens with one attached hydrogen (secondary N) is 1. The van der Waals surface area contributed by atoms with Gasteiger partial charge in [-0.25, -0.2) is 0 Å². The van der Waals surface area contributed by atoms with Crippen LogP contribution in [0.2, 0.25) is 0 Å². The highest BCUT2D eigenvalue weighted by atomic mass is 19.4. The fourth-order valence-corrected chi connectivity index (χ4v) is 2.29. The average molecular weight is 302 g/mol. The van der Waals surface area contributed by atoms with Gasteiger partial charge in [-0.3, -0.25) is 4.79 Å². The third-order valence-corrected chi connectivity index (χ3v) is 3.21. The number of benzene rings is 1. The Kier molecular flexibility index (Phi) is 4.72. The molecule has 0 spiro atoms. The van der Waals surface area contributed by atoms with Gasteiger partial charge < -0.3 is 15.0 Å². The molecule has 0 saturated carbocycles. The van der Waals surface area contributed by atoms with E-state index in [-0.39, 0.29) is 17.7 Å². The summed E-state index contributed by atoms with van der Waals surface area (Å²) >= 11 is 0. The number of hydrogen-bond acceptors (Lipinski definition) is 3. The summed E-state index contributed by atoms with van der Waals surface area (Å²) in [6.45, 7) is 3.22. The summed E-state index contributed by atoms with van der Waals surface area (Å²) in [5.41, 5.74) is 0.419. The van der Waals surface area contributed by atoms with Crippen LogP contribution >= 0.6 is 0 Å². The van der Waals surface area contributed by atoms with Crippen LogP contribution in [-0.2, 0) is 4.79 Å². The van der Waals surface area contributed by atoms with Crippen LogP contribution in [0.15, 0.2) is 24.3 Å². The predicted octanol–water partition coefficient (Wildman–Crippen LogP) is 2.69. The first-order chi connectivity index (χ1) is 9.90. The summed E-state index contributed by atoms with van der Waals surface area (Å²) in [6.07, 6.45) is -3.18. The van der Waals surface area contributed by atoms with Crippen molar-refractivity contribution in [3.05, 3.63) is 24.3 Å². The molecule has 1 saturated heterocycles. The van der Waals surface area contributed by atoms with Crippen molar-refractivity contribution in [2.24, 2.45) is 0 Å². The van der Waals surface area contributed by atoms with Gasteiger partial charge in [0, 0.05) is 18.3 Å². The SMILES string of the molecule is CCCNC1CCN(c2cccc(OC(F)(F)F)c2)C1=O. The minimum absolute atomic E-state index is 0.118. The third kappa shape index (κ3) is 4.10. The highest BCUT2D eigenvalue weighted by molar-refractivity contribution is 5.99. The van der Waals surface area contributed by atoms with Crippen LogP contribution in [-0.4, -0.2) is 31.4 Å². The Hall–Kier alpha value is -1.76. The van der Waals surface area contributed by atoms with Crippen molar-refractivity contribution in [1.29, 1.82) is 0 Å². The zero-order chi connectivity index (χ0) is 15.5. The van der Waals surface area contributed by atoms with Gasteiger partial charge in [-0.1, -0.05) is 13.0 Å². The topological polar surface area (TPSA) is 41.6 Å². The van der Waals surface area contributed by atoms with E-state index in [9.17, 15) is 18.0 Å². The smallest absolute Gasteiger partial charge is 0.406 e. The fraction of sp³-hybridized carbons (Fsp3) is 0.500. The van der Waals surface area contributed by atoms with Crippen LogP contribution in [0.3, 0.4) is 0 Å². The standard InChI is InChI=1S/C14H17F3N2O2/c1-2-7-18-12-6-8-19(13(12)20)10-4-3-5-11(9-10)21-14(15,16)17/h3-5,9,12,18H,2,6-8H2,1H3. The van der Waals surface area contributed by atoms with Gasteiger partial charge in [0.2, 0.25) is 5.91 Å². The van der Waals surface area contributed by atoms with Crippen LogP contribution in [0.4, 0.5) is 18.9 Å². The van der Waals surface area contributed by atoms with E-state index in [1.54, 1.807) is 6.07 Å². The van der Waals surface area contributed by atoms with Gasteiger partial charge in [0.1, 0.15) is 5.75 Å². The van der Waals surface area contributed by atoms with E-state index in [0.29, 0.717) is 18.7 Å². The minimum atomic E-state index is -4.74. The van der Waals surface area contributed by atoms with Crippen molar-refractivity contribution in [3.63, 3.8) is 0 Å². The molecule has 1 aromatic carbocycles. The number of nitrogens with zero attached hydrogens (tertiary/aromatic N) is 1. The monoisotopic (exact) mass is 302 g/mol. The molecule has 1 fully saturated rings. The first kappa shape index (κ1) is 15.6. The molecule has 0 aromatic heterocycles. The molecular weight excluding hydrogens is 285 g/mol. The first-order valence-corrected chi connectivity index (χ1v) is 6.81. The van der Waals surface area contributed by atoms with Gasteiger partial charge in [-0.05, 0) is 31.5 Å². The molecule has 0 radical (unpaired) electrons. The molecule has 21 heavy (non-hydrogen) atoms. The Labute approximate surface area is 120 Å². The second-order valence-corrected chi connectivity index (χ2v) is 4.83. The lowest BCUT2D eigenvalue weighted by Crippen LogP contribution is -2.38.